The molecule has 0 aliphatic carbocycles. The Hall–Kier alpha value is -2.44. The smallest absolute Gasteiger partial charge is 0.271 e. The van der Waals surface area contributed by atoms with Crippen LogP contribution in [0.2, 0.25) is 0 Å². The van der Waals surface area contributed by atoms with Gasteiger partial charge in [0.2, 0.25) is 0 Å². The normalized spacial score (nSPS) is 10.0. The van der Waals surface area contributed by atoms with Crippen molar-refractivity contribution in [3.05, 3.63) is 30.4 Å². The van der Waals surface area contributed by atoms with Gasteiger partial charge >= 0.3 is 0 Å². The Kier molecular flexibility index (Phi) is 2.99. The van der Waals surface area contributed by atoms with E-state index in [-0.39, 0.29) is 5.91 Å². The van der Waals surface area contributed by atoms with E-state index >= 15 is 0 Å². The first-order valence-electron chi connectivity index (χ1n) is 5.02. The molecule has 2 aromatic heterocycles. The quantitative estimate of drug-likeness (QED) is 0.782. The van der Waals surface area contributed by atoms with Gasteiger partial charge in [0.25, 0.3) is 5.91 Å². The lowest BCUT2D eigenvalue weighted by atomic mass is 10.4. The van der Waals surface area contributed by atoms with E-state index in [0.29, 0.717) is 17.3 Å². The predicted molar refractivity (Wildman–Crippen MR) is 62.1 cm³/mol. The van der Waals surface area contributed by atoms with Crippen LogP contribution in [0.15, 0.2) is 24.7 Å². The molecule has 0 spiro atoms. The summed E-state index contributed by atoms with van der Waals surface area (Å²) in [5.41, 5.74) is 0.345. The molecule has 0 fully saturated rings. The van der Waals surface area contributed by atoms with Gasteiger partial charge in [0.05, 0.1) is 0 Å². The number of amides is 1. The van der Waals surface area contributed by atoms with Gasteiger partial charge in [0.15, 0.2) is 11.5 Å². The van der Waals surface area contributed by atoms with Crippen molar-refractivity contribution in [2.45, 2.75) is 0 Å². The molecule has 7 heteroatoms. The van der Waals surface area contributed by atoms with Crippen molar-refractivity contribution in [3.63, 3.8) is 0 Å². The minimum absolute atomic E-state index is 0.230. The van der Waals surface area contributed by atoms with E-state index in [1.807, 2.05) is 0 Å². The van der Waals surface area contributed by atoms with Gasteiger partial charge in [-0.2, -0.15) is 5.10 Å². The third-order valence-corrected chi connectivity index (χ3v) is 2.19. The average Bonchev–Trinajstić information content (AvgIpc) is 2.87. The van der Waals surface area contributed by atoms with E-state index in [1.165, 1.54) is 11.0 Å². The van der Waals surface area contributed by atoms with Gasteiger partial charge < -0.3 is 10.6 Å². The van der Waals surface area contributed by atoms with Gasteiger partial charge in [-0.05, 0) is 6.07 Å². The maximum absolute atomic E-state index is 11.3. The van der Waals surface area contributed by atoms with Crippen LogP contribution in [0.4, 0.5) is 5.82 Å². The van der Waals surface area contributed by atoms with Gasteiger partial charge in [0.1, 0.15) is 12.1 Å². The maximum Gasteiger partial charge on any atom is 0.271 e. The third-order valence-electron chi connectivity index (χ3n) is 2.19. The highest BCUT2D eigenvalue weighted by Crippen LogP contribution is 2.08. The van der Waals surface area contributed by atoms with Crippen molar-refractivity contribution < 1.29 is 4.79 Å². The van der Waals surface area contributed by atoms with E-state index in [0.717, 1.165) is 0 Å². The second-order valence-electron chi connectivity index (χ2n) is 3.24. The number of carbonyl (C=O) groups excluding carboxylic acids is 1. The van der Waals surface area contributed by atoms with Crippen LogP contribution in [0.3, 0.4) is 0 Å². The Balaban J connectivity index is 2.33. The van der Waals surface area contributed by atoms with E-state index < -0.39 is 0 Å². The van der Waals surface area contributed by atoms with Crippen LogP contribution in [-0.2, 0) is 0 Å². The predicted octanol–water partition coefficient (Wildman–Crippen LogP) is 0.0636. The molecular formula is C10H12N6O. The van der Waals surface area contributed by atoms with Gasteiger partial charge in [-0.25, -0.2) is 14.6 Å². The second kappa shape index (κ2) is 4.60. The van der Waals surface area contributed by atoms with Crippen molar-refractivity contribution in [1.82, 2.24) is 25.1 Å². The minimum atomic E-state index is -0.230. The SMILES string of the molecule is CNC(=O)c1ccn(-c2cc(NC)ncn2)n1. The highest BCUT2D eigenvalue weighted by atomic mass is 16.1. The van der Waals surface area contributed by atoms with Crippen molar-refractivity contribution >= 4 is 11.7 Å². The Morgan fingerprint density at radius 2 is 2.18 bits per heavy atom. The molecule has 2 rings (SSSR count). The van der Waals surface area contributed by atoms with Crippen LogP contribution in [0.25, 0.3) is 5.82 Å². The third kappa shape index (κ3) is 2.22. The van der Waals surface area contributed by atoms with Gasteiger partial charge in [-0.1, -0.05) is 0 Å². The van der Waals surface area contributed by atoms with E-state index in [9.17, 15) is 4.79 Å². The average molecular weight is 232 g/mol. The Morgan fingerprint density at radius 3 is 2.88 bits per heavy atom. The monoisotopic (exact) mass is 232 g/mol. The topological polar surface area (TPSA) is 84.7 Å². The molecule has 2 aromatic rings. The summed E-state index contributed by atoms with van der Waals surface area (Å²) in [7, 11) is 3.33. The summed E-state index contributed by atoms with van der Waals surface area (Å²) in [6.45, 7) is 0. The number of carbonyl (C=O) groups is 1. The van der Waals surface area contributed by atoms with Crippen molar-refractivity contribution in [2.75, 3.05) is 19.4 Å². The zero-order chi connectivity index (χ0) is 12.3. The van der Waals surface area contributed by atoms with Crippen LogP contribution in [0.5, 0.6) is 0 Å². The zero-order valence-corrected chi connectivity index (χ0v) is 9.51. The summed E-state index contributed by atoms with van der Waals surface area (Å²) in [6.07, 6.45) is 3.11. The summed E-state index contributed by atoms with van der Waals surface area (Å²) < 4.78 is 1.52. The Bertz CT molecular complexity index is 535. The van der Waals surface area contributed by atoms with E-state index in [4.69, 9.17) is 0 Å². The van der Waals surface area contributed by atoms with Crippen LogP contribution < -0.4 is 10.6 Å². The molecule has 0 unspecified atom stereocenters. The highest BCUT2D eigenvalue weighted by molar-refractivity contribution is 5.91. The molecule has 1 amide bonds. The minimum Gasteiger partial charge on any atom is -0.373 e. The van der Waals surface area contributed by atoms with Crippen molar-refractivity contribution in [2.24, 2.45) is 0 Å². The molecule has 0 bridgehead atoms. The fraction of sp³-hybridized carbons (Fsp3) is 0.200. The first-order chi connectivity index (χ1) is 8.24. The largest absolute Gasteiger partial charge is 0.373 e. The molecular weight excluding hydrogens is 220 g/mol. The molecule has 0 aliphatic heterocycles. The molecule has 0 saturated heterocycles. The zero-order valence-electron chi connectivity index (χ0n) is 9.51. The first kappa shape index (κ1) is 11.1. The van der Waals surface area contributed by atoms with Crippen molar-refractivity contribution in [3.8, 4) is 5.82 Å². The molecule has 17 heavy (non-hydrogen) atoms. The number of nitrogens with zero attached hydrogens (tertiary/aromatic N) is 4. The number of nitrogens with one attached hydrogen (secondary N) is 2. The maximum atomic E-state index is 11.3. The van der Waals surface area contributed by atoms with Crippen molar-refractivity contribution in [1.29, 1.82) is 0 Å². The van der Waals surface area contributed by atoms with Gasteiger partial charge in [0, 0.05) is 26.4 Å². The van der Waals surface area contributed by atoms with Crippen LogP contribution in [-0.4, -0.2) is 39.8 Å². The lowest BCUT2D eigenvalue weighted by molar-refractivity contribution is 0.0957. The molecule has 2 heterocycles. The summed E-state index contributed by atoms with van der Waals surface area (Å²) in [5, 5.41) is 9.53. The van der Waals surface area contributed by atoms with Crippen LogP contribution >= 0.6 is 0 Å². The molecule has 88 valence electrons. The highest BCUT2D eigenvalue weighted by Gasteiger charge is 2.08. The number of rotatable bonds is 3. The molecule has 0 aliphatic rings. The number of anilines is 1. The number of hydrogen-bond acceptors (Lipinski definition) is 5. The molecule has 0 atom stereocenters. The Morgan fingerprint density at radius 1 is 1.35 bits per heavy atom. The van der Waals surface area contributed by atoms with Gasteiger partial charge in [-0.3, -0.25) is 4.79 Å². The fourth-order valence-corrected chi connectivity index (χ4v) is 1.31. The lowest BCUT2D eigenvalue weighted by Crippen LogP contribution is -2.18. The molecule has 0 radical (unpaired) electrons. The molecule has 0 aromatic carbocycles. The number of hydrogen-bond donors (Lipinski definition) is 2. The van der Waals surface area contributed by atoms with E-state index in [2.05, 4.69) is 25.7 Å². The fourth-order valence-electron chi connectivity index (χ4n) is 1.31. The second-order valence-corrected chi connectivity index (χ2v) is 3.24. The Labute approximate surface area is 97.9 Å². The molecule has 7 nitrogen and oxygen atoms in total. The number of aromatic nitrogens is 4. The van der Waals surface area contributed by atoms with Gasteiger partial charge in [-0.15, -0.1) is 0 Å². The van der Waals surface area contributed by atoms with Crippen LogP contribution in [0, 0.1) is 0 Å². The summed E-state index contributed by atoms with van der Waals surface area (Å²) in [6, 6.07) is 3.36. The lowest BCUT2D eigenvalue weighted by Gasteiger charge is -2.02. The molecule has 0 saturated carbocycles. The standard InChI is InChI=1S/C10H12N6O/c1-11-8-5-9(14-6-13-8)16-4-3-7(15-16)10(17)12-2/h3-6H,1-2H3,(H,12,17)(H,11,13,14). The summed E-state index contributed by atoms with van der Waals surface area (Å²) in [4.78, 5) is 19.4. The summed E-state index contributed by atoms with van der Waals surface area (Å²) in [5.74, 6) is 1.05. The first-order valence-corrected chi connectivity index (χ1v) is 5.02. The van der Waals surface area contributed by atoms with Crippen LogP contribution in [0.1, 0.15) is 10.5 Å². The summed E-state index contributed by atoms with van der Waals surface area (Å²) >= 11 is 0. The molecule has 2 N–H and O–H groups in total. The van der Waals surface area contributed by atoms with E-state index in [1.54, 1.807) is 32.4 Å².